The molecule has 0 aliphatic rings. The molecule has 0 saturated heterocycles. The Bertz CT molecular complexity index is 1150. The third-order valence-electron chi connectivity index (χ3n) is 4.68. The number of carbonyl (C=O) groups excluding carboxylic acids is 1. The molecule has 0 unspecified atom stereocenters. The van der Waals surface area contributed by atoms with Crippen molar-refractivity contribution in [3.63, 3.8) is 0 Å². The summed E-state index contributed by atoms with van der Waals surface area (Å²) in [6, 6.07) is 19.6. The largest absolute Gasteiger partial charge is 0.494 e. The normalized spacial score (nSPS) is 11.4. The molecule has 0 spiro atoms. The van der Waals surface area contributed by atoms with Gasteiger partial charge >= 0.3 is 0 Å². The van der Waals surface area contributed by atoms with Crippen LogP contribution in [0.4, 0.5) is 10.1 Å². The minimum atomic E-state index is -3.68. The quantitative estimate of drug-likeness (QED) is 0.575. The number of hydrogen-bond acceptors (Lipinski definition) is 4. The Morgan fingerprint density at radius 1 is 1.00 bits per heavy atom. The predicted octanol–water partition coefficient (Wildman–Crippen LogP) is 3.84. The Morgan fingerprint density at radius 2 is 1.68 bits per heavy atom. The number of rotatable bonds is 8. The molecule has 0 aromatic heterocycles. The average Bonchev–Trinajstić information content (AvgIpc) is 2.75. The van der Waals surface area contributed by atoms with Crippen molar-refractivity contribution < 1.29 is 22.3 Å². The van der Waals surface area contributed by atoms with Crippen LogP contribution >= 0.6 is 0 Å². The predicted molar refractivity (Wildman–Crippen MR) is 117 cm³/mol. The first-order valence-corrected chi connectivity index (χ1v) is 11.0. The Balaban J connectivity index is 1.63. The maximum Gasteiger partial charge on any atom is 0.243 e. The van der Waals surface area contributed by atoms with Crippen molar-refractivity contribution in [1.29, 1.82) is 0 Å². The maximum absolute atomic E-state index is 13.8. The van der Waals surface area contributed by atoms with E-state index in [-0.39, 0.29) is 29.5 Å². The van der Waals surface area contributed by atoms with Crippen LogP contribution in [0.5, 0.6) is 5.75 Å². The van der Waals surface area contributed by atoms with Crippen molar-refractivity contribution in [3.05, 3.63) is 89.7 Å². The van der Waals surface area contributed by atoms with Gasteiger partial charge in [0.1, 0.15) is 0 Å². The van der Waals surface area contributed by atoms with E-state index < -0.39 is 15.8 Å². The van der Waals surface area contributed by atoms with Gasteiger partial charge in [0.15, 0.2) is 11.6 Å². The highest BCUT2D eigenvalue weighted by molar-refractivity contribution is 7.89. The standard InChI is InChI=1S/C23H23FN2O4S/c1-26(16-17-6-4-3-5-7-17)31(28,29)20-11-9-19(10-12-20)25-23(27)15-18-8-13-22(30-2)21(24)14-18/h3-14H,15-16H2,1-2H3,(H,25,27). The van der Waals surface area contributed by atoms with Crippen LogP contribution in [0, 0.1) is 5.82 Å². The summed E-state index contributed by atoms with van der Waals surface area (Å²) >= 11 is 0. The summed E-state index contributed by atoms with van der Waals surface area (Å²) < 4.78 is 45.5. The fourth-order valence-electron chi connectivity index (χ4n) is 3.03. The number of nitrogens with one attached hydrogen (secondary N) is 1. The number of sulfonamides is 1. The zero-order valence-corrected chi connectivity index (χ0v) is 18.0. The Morgan fingerprint density at radius 3 is 2.29 bits per heavy atom. The zero-order valence-electron chi connectivity index (χ0n) is 17.2. The summed E-state index contributed by atoms with van der Waals surface area (Å²) in [4.78, 5) is 12.4. The van der Waals surface area contributed by atoms with Crippen molar-refractivity contribution in [2.24, 2.45) is 0 Å². The molecule has 31 heavy (non-hydrogen) atoms. The monoisotopic (exact) mass is 442 g/mol. The summed E-state index contributed by atoms with van der Waals surface area (Å²) in [5.74, 6) is -0.776. The van der Waals surface area contributed by atoms with E-state index in [9.17, 15) is 17.6 Å². The molecule has 0 fully saturated rings. The minimum absolute atomic E-state index is 0.0270. The number of hydrogen-bond donors (Lipinski definition) is 1. The molecule has 0 radical (unpaired) electrons. The van der Waals surface area contributed by atoms with Gasteiger partial charge in [-0.3, -0.25) is 4.79 Å². The van der Waals surface area contributed by atoms with E-state index in [0.29, 0.717) is 11.3 Å². The highest BCUT2D eigenvalue weighted by Crippen LogP contribution is 2.21. The lowest BCUT2D eigenvalue weighted by molar-refractivity contribution is -0.115. The fourth-order valence-corrected chi connectivity index (χ4v) is 4.19. The van der Waals surface area contributed by atoms with Crippen LogP contribution < -0.4 is 10.1 Å². The number of amides is 1. The van der Waals surface area contributed by atoms with E-state index >= 15 is 0 Å². The number of methoxy groups -OCH3 is 1. The van der Waals surface area contributed by atoms with Gasteiger partial charge in [-0.25, -0.2) is 12.8 Å². The van der Waals surface area contributed by atoms with E-state index in [1.807, 2.05) is 30.3 Å². The number of nitrogens with zero attached hydrogens (tertiary/aromatic N) is 1. The van der Waals surface area contributed by atoms with Crippen LogP contribution in [-0.2, 0) is 27.8 Å². The summed E-state index contributed by atoms with van der Waals surface area (Å²) in [5.41, 5.74) is 1.83. The summed E-state index contributed by atoms with van der Waals surface area (Å²) in [6.07, 6.45) is -0.0270. The molecular weight excluding hydrogens is 419 g/mol. The van der Waals surface area contributed by atoms with E-state index in [1.54, 1.807) is 6.07 Å². The second kappa shape index (κ2) is 9.72. The molecule has 1 N–H and O–H groups in total. The first kappa shape index (κ1) is 22.5. The van der Waals surface area contributed by atoms with Crippen LogP contribution in [0.2, 0.25) is 0 Å². The van der Waals surface area contributed by atoms with E-state index in [2.05, 4.69) is 5.32 Å². The zero-order chi connectivity index (χ0) is 22.4. The maximum atomic E-state index is 13.8. The SMILES string of the molecule is COc1ccc(CC(=O)Nc2ccc(S(=O)(=O)N(C)Cc3ccccc3)cc2)cc1F. The van der Waals surface area contributed by atoms with Gasteiger partial charge in [0.2, 0.25) is 15.9 Å². The number of anilines is 1. The van der Waals surface area contributed by atoms with Crippen molar-refractivity contribution >= 4 is 21.6 Å². The topological polar surface area (TPSA) is 75.7 Å². The van der Waals surface area contributed by atoms with Gasteiger partial charge in [-0.2, -0.15) is 4.31 Å². The molecule has 1 amide bonds. The van der Waals surface area contributed by atoms with E-state index in [4.69, 9.17) is 4.74 Å². The Kier molecular flexibility index (Phi) is 7.04. The lowest BCUT2D eigenvalue weighted by Crippen LogP contribution is -2.26. The molecule has 3 aromatic carbocycles. The molecule has 0 bridgehead atoms. The molecule has 0 saturated carbocycles. The molecule has 0 atom stereocenters. The van der Waals surface area contributed by atoms with Crippen LogP contribution in [0.25, 0.3) is 0 Å². The highest BCUT2D eigenvalue weighted by Gasteiger charge is 2.21. The molecule has 0 aliphatic heterocycles. The summed E-state index contributed by atoms with van der Waals surface area (Å²) in [5, 5.41) is 2.69. The molecule has 162 valence electrons. The Labute approximate surface area is 181 Å². The van der Waals surface area contributed by atoms with Gasteiger partial charge in [-0.05, 0) is 47.5 Å². The number of halogens is 1. The third-order valence-corrected chi connectivity index (χ3v) is 6.49. The first-order chi connectivity index (χ1) is 14.8. The van der Waals surface area contributed by atoms with Crippen molar-refractivity contribution in [2.75, 3.05) is 19.5 Å². The highest BCUT2D eigenvalue weighted by atomic mass is 32.2. The van der Waals surface area contributed by atoms with Gasteiger partial charge in [-0.1, -0.05) is 36.4 Å². The number of carbonyl (C=O) groups is 1. The van der Waals surface area contributed by atoms with Crippen LogP contribution in [-0.4, -0.2) is 32.8 Å². The molecule has 0 aliphatic carbocycles. The lowest BCUT2D eigenvalue weighted by atomic mass is 10.1. The first-order valence-electron chi connectivity index (χ1n) is 9.52. The van der Waals surface area contributed by atoms with E-state index in [1.165, 1.54) is 54.9 Å². The third kappa shape index (κ3) is 5.68. The van der Waals surface area contributed by atoms with Crippen LogP contribution in [0.15, 0.2) is 77.7 Å². The summed E-state index contributed by atoms with van der Waals surface area (Å²) in [6.45, 7) is 0.250. The molecule has 0 heterocycles. The summed E-state index contributed by atoms with van der Waals surface area (Å²) in [7, 11) is -0.786. The molecule has 6 nitrogen and oxygen atoms in total. The molecule has 8 heteroatoms. The van der Waals surface area contributed by atoms with Gasteiger partial charge in [0, 0.05) is 19.3 Å². The van der Waals surface area contributed by atoms with Crippen molar-refractivity contribution in [3.8, 4) is 5.75 Å². The van der Waals surface area contributed by atoms with Gasteiger partial charge in [-0.15, -0.1) is 0 Å². The van der Waals surface area contributed by atoms with Crippen LogP contribution in [0.3, 0.4) is 0 Å². The van der Waals surface area contributed by atoms with Gasteiger partial charge in [0.25, 0.3) is 0 Å². The van der Waals surface area contributed by atoms with Crippen molar-refractivity contribution in [1.82, 2.24) is 4.31 Å². The van der Waals surface area contributed by atoms with E-state index in [0.717, 1.165) is 5.56 Å². The second-order valence-corrected chi connectivity index (χ2v) is 9.01. The van der Waals surface area contributed by atoms with Gasteiger partial charge < -0.3 is 10.1 Å². The molecular formula is C23H23FN2O4S. The molecule has 3 aromatic rings. The van der Waals surface area contributed by atoms with Crippen LogP contribution in [0.1, 0.15) is 11.1 Å². The van der Waals surface area contributed by atoms with Gasteiger partial charge in [0.05, 0.1) is 18.4 Å². The average molecular weight is 443 g/mol. The smallest absolute Gasteiger partial charge is 0.243 e. The van der Waals surface area contributed by atoms with Crippen molar-refractivity contribution in [2.45, 2.75) is 17.9 Å². The Hall–Kier alpha value is -3.23. The molecule has 3 rings (SSSR count). The number of benzene rings is 3. The minimum Gasteiger partial charge on any atom is -0.494 e. The number of ether oxygens (including phenoxy) is 1. The second-order valence-electron chi connectivity index (χ2n) is 6.96. The fraction of sp³-hybridized carbons (Fsp3) is 0.174. The lowest BCUT2D eigenvalue weighted by Gasteiger charge is -2.17.